The molecule has 26 heavy (non-hydrogen) atoms. The summed E-state index contributed by atoms with van der Waals surface area (Å²) in [4.78, 5) is 19.7. The topological polar surface area (TPSA) is 92.9 Å². The van der Waals surface area contributed by atoms with Crippen LogP contribution in [0, 0.1) is 18.8 Å². The number of carboxylic acid groups (broad SMARTS) is 1. The van der Waals surface area contributed by atoms with E-state index in [-0.39, 0.29) is 6.42 Å². The first-order valence-corrected chi connectivity index (χ1v) is 7.92. The summed E-state index contributed by atoms with van der Waals surface area (Å²) in [7, 11) is 1.83. The Kier molecular flexibility index (Phi) is 4.94. The molecule has 0 amide bonds. The lowest BCUT2D eigenvalue weighted by Crippen LogP contribution is -2.02. The largest absolute Gasteiger partial charge is 0.481 e. The number of hydrogen-bond acceptors (Lipinski definition) is 5. The van der Waals surface area contributed by atoms with E-state index in [2.05, 4.69) is 32.2 Å². The summed E-state index contributed by atoms with van der Waals surface area (Å²) in [6.45, 7) is 1.88. The molecule has 2 heterocycles. The minimum absolute atomic E-state index is 0.0680. The van der Waals surface area contributed by atoms with Gasteiger partial charge in [-0.05, 0) is 24.5 Å². The zero-order chi connectivity index (χ0) is 18.5. The van der Waals surface area contributed by atoms with Gasteiger partial charge in [0.2, 0.25) is 5.95 Å². The Morgan fingerprint density at radius 3 is 2.81 bits per heavy atom. The van der Waals surface area contributed by atoms with E-state index in [0.717, 1.165) is 11.3 Å². The monoisotopic (exact) mass is 347 g/mol. The third-order valence-corrected chi connectivity index (χ3v) is 3.61. The van der Waals surface area contributed by atoms with Gasteiger partial charge in [0.05, 0.1) is 18.3 Å². The van der Waals surface area contributed by atoms with E-state index in [4.69, 9.17) is 5.11 Å². The van der Waals surface area contributed by atoms with Crippen molar-refractivity contribution in [2.24, 2.45) is 7.05 Å². The molecule has 0 atom stereocenters. The van der Waals surface area contributed by atoms with Gasteiger partial charge in [-0.1, -0.05) is 24.1 Å². The SMILES string of the molecule is Cc1cnc(Nc2cnn(C)c2)nc1C#Cc1ccccc1CC(=O)O. The molecule has 7 nitrogen and oxygen atoms in total. The quantitative estimate of drug-likeness (QED) is 0.704. The number of carbonyl (C=O) groups is 1. The van der Waals surface area contributed by atoms with Gasteiger partial charge < -0.3 is 10.4 Å². The molecule has 2 N–H and O–H groups in total. The average molecular weight is 347 g/mol. The maximum atomic E-state index is 11.0. The lowest BCUT2D eigenvalue weighted by atomic mass is 10.0. The van der Waals surface area contributed by atoms with E-state index >= 15 is 0 Å². The van der Waals surface area contributed by atoms with Crippen molar-refractivity contribution < 1.29 is 9.90 Å². The van der Waals surface area contributed by atoms with Gasteiger partial charge in [-0.3, -0.25) is 9.48 Å². The molecule has 0 fully saturated rings. The van der Waals surface area contributed by atoms with Crippen LogP contribution in [0.5, 0.6) is 0 Å². The molecular formula is C19H17N5O2. The smallest absolute Gasteiger partial charge is 0.307 e. The van der Waals surface area contributed by atoms with Crippen molar-refractivity contribution >= 4 is 17.6 Å². The predicted molar refractivity (Wildman–Crippen MR) is 97.0 cm³/mol. The van der Waals surface area contributed by atoms with Gasteiger partial charge >= 0.3 is 5.97 Å². The van der Waals surface area contributed by atoms with Crippen LogP contribution < -0.4 is 5.32 Å². The molecule has 0 aliphatic rings. The molecule has 0 saturated heterocycles. The highest BCUT2D eigenvalue weighted by Crippen LogP contribution is 2.13. The van der Waals surface area contributed by atoms with Gasteiger partial charge in [-0.25, -0.2) is 9.97 Å². The third-order valence-electron chi connectivity index (χ3n) is 3.61. The molecule has 0 radical (unpaired) electrons. The summed E-state index contributed by atoms with van der Waals surface area (Å²) in [5, 5.41) is 16.2. The lowest BCUT2D eigenvalue weighted by molar-refractivity contribution is -0.136. The normalized spacial score (nSPS) is 10.1. The van der Waals surface area contributed by atoms with Crippen molar-refractivity contribution in [3.63, 3.8) is 0 Å². The second-order valence-corrected chi connectivity index (χ2v) is 5.73. The van der Waals surface area contributed by atoms with Crippen molar-refractivity contribution in [3.05, 3.63) is 65.2 Å². The number of rotatable bonds is 4. The van der Waals surface area contributed by atoms with Gasteiger partial charge in [0.1, 0.15) is 5.69 Å². The minimum atomic E-state index is -0.888. The van der Waals surface area contributed by atoms with E-state index in [9.17, 15) is 4.79 Å². The fraction of sp³-hybridized carbons (Fsp3) is 0.158. The Bertz CT molecular complexity index is 1010. The summed E-state index contributed by atoms with van der Waals surface area (Å²) >= 11 is 0. The number of benzene rings is 1. The predicted octanol–water partition coefficient (Wildman–Crippen LogP) is 2.29. The number of aromatic nitrogens is 4. The van der Waals surface area contributed by atoms with Crippen LogP contribution in [0.2, 0.25) is 0 Å². The van der Waals surface area contributed by atoms with Crippen LogP contribution >= 0.6 is 0 Å². The molecule has 7 heteroatoms. The van der Waals surface area contributed by atoms with Gasteiger partial charge in [0.25, 0.3) is 0 Å². The molecule has 0 aliphatic heterocycles. The van der Waals surface area contributed by atoms with Crippen LogP contribution in [0.15, 0.2) is 42.9 Å². The molecule has 0 bridgehead atoms. The van der Waals surface area contributed by atoms with E-state index in [1.165, 1.54) is 0 Å². The standard InChI is InChI=1S/C19H17N5O2/c1-13-10-20-19(22-16-11-21-24(2)12-16)23-17(13)8-7-14-5-3-4-6-15(14)9-18(25)26/h3-6,10-12H,9H2,1-2H3,(H,25,26)(H,20,22,23). The number of aliphatic carboxylic acids is 1. The van der Waals surface area contributed by atoms with Crippen molar-refractivity contribution in [2.45, 2.75) is 13.3 Å². The first-order valence-electron chi connectivity index (χ1n) is 7.92. The molecule has 3 aromatic rings. The second-order valence-electron chi connectivity index (χ2n) is 5.73. The Balaban J connectivity index is 1.88. The van der Waals surface area contributed by atoms with E-state index in [1.54, 1.807) is 35.3 Å². The van der Waals surface area contributed by atoms with Crippen LogP contribution in [0.3, 0.4) is 0 Å². The lowest BCUT2D eigenvalue weighted by Gasteiger charge is -2.04. The molecular weight excluding hydrogens is 330 g/mol. The highest BCUT2D eigenvalue weighted by atomic mass is 16.4. The third kappa shape index (κ3) is 4.24. The number of carboxylic acids is 1. The van der Waals surface area contributed by atoms with E-state index < -0.39 is 5.97 Å². The Morgan fingerprint density at radius 2 is 2.08 bits per heavy atom. The highest BCUT2D eigenvalue weighted by molar-refractivity contribution is 5.71. The zero-order valence-corrected chi connectivity index (χ0v) is 14.4. The van der Waals surface area contributed by atoms with Crippen molar-refractivity contribution in [3.8, 4) is 11.8 Å². The fourth-order valence-electron chi connectivity index (χ4n) is 2.33. The van der Waals surface area contributed by atoms with Crippen LogP contribution in [0.25, 0.3) is 0 Å². The van der Waals surface area contributed by atoms with Crippen LogP contribution in [0.4, 0.5) is 11.6 Å². The molecule has 130 valence electrons. The molecule has 2 aromatic heterocycles. The maximum absolute atomic E-state index is 11.0. The zero-order valence-electron chi connectivity index (χ0n) is 14.4. The molecule has 0 saturated carbocycles. The van der Waals surface area contributed by atoms with Gasteiger partial charge in [-0.15, -0.1) is 0 Å². The summed E-state index contributed by atoms with van der Waals surface area (Å²) in [5.74, 6) is 5.58. The Hall–Kier alpha value is -3.66. The minimum Gasteiger partial charge on any atom is -0.481 e. The van der Waals surface area contributed by atoms with Crippen molar-refractivity contribution in [1.29, 1.82) is 0 Å². The van der Waals surface area contributed by atoms with Gasteiger partial charge in [0.15, 0.2) is 0 Å². The summed E-state index contributed by atoms with van der Waals surface area (Å²) in [6, 6.07) is 7.20. The van der Waals surface area contributed by atoms with Crippen molar-refractivity contribution in [2.75, 3.05) is 5.32 Å². The number of anilines is 2. The fourth-order valence-corrected chi connectivity index (χ4v) is 2.33. The average Bonchev–Trinajstić information content (AvgIpc) is 3.01. The van der Waals surface area contributed by atoms with E-state index in [0.29, 0.717) is 22.8 Å². The number of aryl methyl sites for hydroxylation is 2. The highest BCUT2D eigenvalue weighted by Gasteiger charge is 2.06. The Labute approximate surface area is 150 Å². The van der Waals surface area contributed by atoms with Crippen LogP contribution in [-0.4, -0.2) is 30.8 Å². The van der Waals surface area contributed by atoms with Crippen molar-refractivity contribution in [1.82, 2.24) is 19.7 Å². The van der Waals surface area contributed by atoms with Gasteiger partial charge in [0, 0.05) is 30.6 Å². The number of hydrogen-bond donors (Lipinski definition) is 2. The van der Waals surface area contributed by atoms with Crippen LogP contribution in [0.1, 0.15) is 22.4 Å². The molecule has 3 rings (SSSR count). The maximum Gasteiger partial charge on any atom is 0.307 e. The number of nitrogens with zero attached hydrogens (tertiary/aromatic N) is 4. The first-order chi connectivity index (χ1) is 12.5. The molecule has 1 aromatic carbocycles. The summed E-state index contributed by atoms with van der Waals surface area (Å²) < 4.78 is 1.68. The number of nitrogens with one attached hydrogen (secondary N) is 1. The molecule has 0 unspecified atom stereocenters. The summed E-state index contributed by atoms with van der Waals surface area (Å²) in [5.41, 5.74) is 3.55. The van der Waals surface area contributed by atoms with E-state index in [1.807, 2.05) is 26.2 Å². The van der Waals surface area contributed by atoms with Gasteiger partial charge in [-0.2, -0.15) is 5.10 Å². The second kappa shape index (κ2) is 7.49. The summed E-state index contributed by atoms with van der Waals surface area (Å²) in [6.07, 6.45) is 5.12. The first kappa shape index (κ1) is 17.2. The molecule has 0 aliphatic carbocycles. The van der Waals surface area contributed by atoms with Crippen LogP contribution in [-0.2, 0) is 18.3 Å². The Morgan fingerprint density at radius 1 is 1.27 bits per heavy atom. The molecule has 0 spiro atoms.